The Morgan fingerprint density at radius 1 is 0.903 bits per heavy atom. The van der Waals surface area contributed by atoms with E-state index in [4.69, 9.17) is 4.74 Å². The number of amides is 1. The molecule has 3 aromatic rings. The molecule has 0 spiro atoms. The van der Waals surface area contributed by atoms with Gasteiger partial charge in [-0.25, -0.2) is 0 Å². The first-order valence-corrected chi connectivity index (χ1v) is 10.2. The molecule has 0 unspecified atom stereocenters. The van der Waals surface area contributed by atoms with Crippen molar-refractivity contribution in [1.82, 2.24) is 4.90 Å². The number of nitro benzene ring substituents is 1. The number of nitrogens with zero attached hydrogens (tertiary/aromatic N) is 3. The summed E-state index contributed by atoms with van der Waals surface area (Å²) in [5.41, 5.74) is 2.32. The van der Waals surface area contributed by atoms with Crippen LogP contribution >= 0.6 is 0 Å². The Morgan fingerprint density at radius 2 is 1.61 bits per heavy atom. The van der Waals surface area contributed by atoms with Crippen LogP contribution in [0.25, 0.3) is 0 Å². The van der Waals surface area contributed by atoms with E-state index in [1.165, 1.54) is 6.07 Å². The van der Waals surface area contributed by atoms with Gasteiger partial charge >= 0.3 is 0 Å². The molecule has 0 radical (unpaired) electrons. The number of hydrogen-bond donors (Lipinski definition) is 0. The van der Waals surface area contributed by atoms with Crippen LogP contribution in [-0.2, 0) is 6.61 Å². The molecular formula is C24H23N3O4. The Morgan fingerprint density at radius 3 is 2.35 bits per heavy atom. The Balaban J connectivity index is 1.38. The van der Waals surface area contributed by atoms with Crippen LogP contribution in [0.3, 0.4) is 0 Å². The van der Waals surface area contributed by atoms with Crippen LogP contribution in [-0.4, -0.2) is 41.9 Å². The Labute approximate surface area is 180 Å². The summed E-state index contributed by atoms with van der Waals surface area (Å²) in [6.45, 7) is 2.52. The minimum Gasteiger partial charge on any atom is -0.489 e. The monoisotopic (exact) mass is 417 g/mol. The number of benzene rings is 3. The Bertz CT molecular complexity index is 1060. The molecule has 1 aliphatic heterocycles. The number of rotatable bonds is 6. The molecule has 0 bridgehead atoms. The molecule has 1 heterocycles. The van der Waals surface area contributed by atoms with Crippen molar-refractivity contribution in [1.29, 1.82) is 0 Å². The molecular weight excluding hydrogens is 394 g/mol. The lowest BCUT2D eigenvalue weighted by Gasteiger charge is -2.35. The summed E-state index contributed by atoms with van der Waals surface area (Å²) in [6, 6.07) is 23.8. The number of carbonyl (C=O) groups is 1. The van der Waals surface area contributed by atoms with E-state index in [0.29, 0.717) is 49.8 Å². The Hall–Kier alpha value is -3.87. The molecule has 1 aliphatic rings. The number of piperazine rings is 1. The van der Waals surface area contributed by atoms with Gasteiger partial charge in [0.25, 0.3) is 11.6 Å². The number of para-hydroxylation sites is 2. The number of carbonyl (C=O) groups excluding carboxylic acids is 1. The molecule has 0 saturated carbocycles. The first kappa shape index (κ1) is 20.4. The van der Waals surface area contributed by atoms with E-state index < -0.39 is 0 Å². The van der Waals surface area contributed by atoms with E-state index in [1.807, 2.05) is 47.4 Å². The lowest BCUT2D eigenvalue weighted by atomic mass is 10.1. The summed E-state index contributed by atoms with van der Waals surface area (Å²) in [7, 11) is 0. The zero-order chi connectivity index (χ0) is 21.6. The highest BCUT2D eigenvalue weighted by atomic mass is 16.6. The van der Waals surface area contributed by atoms with Crippen LogP contribution in [0, 0.1) is 10.1 Å². The minimum atomic E-state index is -0.367. The predicted octanol–water partition coefficient (Wildman–Crippen LogP) is 4.14. The first-order valence-electron chi connectivity index (χ1n) is 10.2. The molecule has 0 aromatic heterocycles. The number of anilines is 1. The molecule has 7 nitrogen and oxygen atoms in total. The van der Waals surface area contributed by atoms with E-state index >= 15 is 0 Å². The standard InChI is InChI=1S/C24H23N3O4/c28-24(20-9-6-10-21(17-20)31-18-19-7-2-1-3-8-19)26-15-13-25(14-16-26)22-11-4-5-12-23(22)27(29)30/h1-12,17H,13-16,18H2. The molecule has 1 amide bonds. The maximum absolute atomic E-state index is 13.0. The maximum atomic E-state index is 13.0. The molecule has 0 N–H and O–H groups in total. The second kappa shape index (κ2) is 9.30. The smallest absolute Gasteiger partial charge is 0.292 e. The largest absolute Gasteiger partial charge is 0.489 e. The second-order valence-corrected chi connectivity index (χ2v) is 7.33. The summed E-state index contributed by atoms with van der Waals surface area (Å²) in [5, 5.41) is 11.3. The number of hydrogen-bond acceptors (Lipinski definition) is 5. The van der Waals surface area contributed by atoms with Gasteiger partial charge in [-0.1, -0.05) is 48.5 Å². The van der Waals surface area contributed by atoms with Crippen molar-refractivity contribution in [2.24, 2.45) is 0 Å². The average molecular weight is 417 g/mol. The average Bonchev–Trinajstić information content (AvgIpc) is 2.83. The van der Waals surface area contributed by atoms with E-state index in [9.17, 15) is 14.9 Å². The number of ether oxygens (including phenoxy) is 1. The fourth-order valence-corrected chi connectivity index (χ4v) is 3.68. The fourth-order valence-electron chi connectivity index (χ4n) is 3.68. The van der Waals surface area contributed by atoms with Gasteiger partial charge in [0.05, 0.1) is 4.92 Å². The van der Waals surface area contributed by atoms with E-state index in [-0.39, 0.29) is 16.5 Å². The molecule has 158 valence electrons. The molecule has 4 rings (SSSR count). The van der Waals surface area contributed by atoms with Crippen molar-refractivity contribution in [2.75, 3.05) is 31.1 Å². The third-order valence-electron chi connectivity index (χ3n) is 5.32. The molecule has 31 heavy (non-hydrogen) atoms. The van der Waals surface area contributed by atoms with Gasteiger partial charge in [-0.15, -0.1) is 0 Å². The summed E-state index contributed by atoms with van der Waals surface area (Å²) in [6.07, 6.45) is 0. The SMILES string of the molecule is O=C(c1cccc(OCc2ccccc2)c1)N1CCN(c2ccccc2[N+](=O)[O-])CC1. The summed E-state index contributed by atoms with van der Waals surface area (Å²) < 4.78 is 5.84. The van der Waals surface area contributed by atoms with Gasteiger partial charge in [0.1, 0.15) is 18.0 Å². The predicted molar refractivity (Wildman–Crippen MR) is 118 cm³/mol. The molecule has 0 atom stereocenters. The lowest BCUT2D eigenvalue weighted by Crippen LogP contribution is -2.48. The van der Waals surface area contributed by atoms with Crippen molar-refractivity contribution in [2.45, 2.75) is 6.61 Å². The second-order valence-electron chi connectivity index (χ2n) is 7.33. The highest BCUT2D eigenvalue weighted by Crippen LogP contribution is 2.28. The quantitative estimate of drug-likeness (QED) is 0.445. The van der Waals surface area contributed by atoms with E-state index in [0.717, 1.165) is 5.56 Å². The van der Waals surface area contributed by atoms with Gasteiger partial charge in [0, 0.05) is 37.8 Å². The van der Waals surface area contributed by atoms with Gasteiger partial charge in [-0.2, -0.15) is 0 Å². The van der Waals surface area contributed by atoms with Gasteiger partial charge in [-0.05, 0) is 29.8 Å². The normalized spacial score (nSPS) is 13.7. The van der Waals surface area contributed by atoms with Crippen LogP contribution < -0.4 is 9.64 Å². The van der Waals surface area contributed by atoms with E-state index in [1.54, 1.807) is 35.2 Å². The van der Waals surface area contributed by atoms with Gasteiger partial charge in [-0.3, -0.25) is 14.9 Å². The molecule has 0 aliphatic carbocycles. The van der Waals surface area contributed by atoms with E-state index in [2.05, 4.69) is 0 Å². The zero-order valence-corrected chi connectivity index (χ0v) is 17.0. The third-order valence-corrected chi connectivity index (χ3v) is 5.32. The highest BCUT2D eigenvalue weighted by molar-refractivity contribution is 5.94. The first-order chi connectivity index (χ1) is 15.1. The highest BCUT2D eigenvalue weighted by Gasteiger charge is 2.26. The van der Waals surface area contributed by atoms with Crippen LogP contribution in [0.15, 0.2) is 78.9 Å². The molecule has 7 heteroatoms. The lowest BCUT2D eigenvalue weighted by molar-refractivity contribution is -0.384. The van der Waals surface area contributed by atoms with Crippen molar-refractivity contribution >= 4 is 17.3 Å². The number of nitro groups is 1. The van der Waals surface area contributed by atoms with Crippen molar-refractivity contribution < 1.29 is 14.5 Å². The van der Waals surface area contributed by atoms with Gasteiger partial charge in [0.15, 0.2) is 0 Å². The molecule has 1 saturated heterocycles. The fraction of sp³-hybridized carbons (Fsp3) is 0.208. The molecule has 1 fully saturated rings. The third kappa shape index (κ3) is 4.83. The van der Waals surface area contributed by atoms with Crippen LogP contribution in [0.1, 0.15) is 15.9 Å². The summed E-state index contributed by atoms with van der Waals surface area (Å²) in [5.74, 6) is 0.584. The topological polar surface area (TPSA) is 75.9 Å². The summed E-state index contributed by atoms with van der Waals surface area (Å²) in [4.78, 5) is 27.7. The zero-order valence-electron chi connectivity index (χ0n) is 17.0. The summed E-state index contributed by atoms with van der Waals surface area (Å²) >= 11 is 0. The van der Waals surface area contributed by atoms with Crippen LogP contribution in [0.4, 0.5) is 11.4 Å². The van der Waals surface area contributed by atoms with Crippen LogP contribution in [0.5, 0.6) is 5.75 Å². The molecule has 3 aromatic carbocycles. The van der Waals surface area contributed by atoms with Gasteiger partial charge in [0.2, 0.25) is 0 Å². The van der Waals surface area contributed by atoms with Crippen LogP contribution in [0.2, 0.25) is 0 Å². The van der Waals surface area contributed by atoms with Crippen molar-refractivity contribution in [3.8, 4) is 5.75 Å². The van der Waals surface area contributed by atoms with Crippen molar-refractivity contribution in [3.05, 3.63) is 100 Å². The maximum Gasteiger partial charge on any atom is 0.292 e. The minimum absolute atomic E-state index is 0.0626. The Kier molecular flexibility index (Phi) is 6.12. The van der Waals surface area contributed by atoms with Gasteiger partial charge < -0.3 is 14.5 Å². The van der Waals surface area contributed by atoms with Crippen molar-refractivity contribution in [3.63, 3.8) is 0 Å².